The molecule has 6 nitrogen and oxygen atoms in total. The normalized spacial score (nSPS) is 15.0. The van der Waals surface area contributed by atoms with Crippen LogP contribution in [0.3, 0.4) is 0 Å². The molecule has 0 bridgehead atoms. The van der Waals surface area contributed by atoms with Gasteiger partial charge in [0.1, 0.15) is 17.2 Å². The number of benzene rings is 1. The molecule has 1 aromatic carbocycles. The van der Waals surface area contributed by atoms with Crippen molar-refractivity contribution in [3.05, 3.63) is 52.8 Å². The van der Waals surface area contributed by atoms with Crippen LogP contribution in [0.4, 0.5) is 0 Å². The number of hydrogen-bond acceptors (Lipinski definition) is 5. The van der Waals surface area contributed by atoms with Gasteiger partial charge in [-0.15, -0.1) is 0 Å². The number of hydrogen-bond donors (Lipinski definition) is 1. The van der Waals surface area contributed by atoms with Crippen LogP contribution in [0.25, 0.3) is 0 Å². The molecule has 0 spiro atoms. The summed E-state index contributed by atoms with van der Waals surface area (Å²) in [5.41, 5.74) is 6.13. The Balaban J connectivity index is 1.75. The van der Waals surface area contributed by atoms with Crippen molar-refractivity contribution in [1.82, 2.24) is 4.98 Å². The summed E-state index contributed by atoms with van der Waals surface area (Å²) in [6.45, 7) is 1.14. The molecule has 2 aromatic rings. The quantitative estimate of drug-likeness (QED) is 0.936. The van der Waals surface area contributed by atoms with Crippen LogP contribution in [0, 0.1) is 0 Å². The highest BCUT2D eigenvalue weighted by Gasteiger charge is 2.19. The Morgan fingerprint density at radius 3 is 2.64 bits per heavy atom. The van der Waals surface area contributed by atoms with Gasteiger partial charge in [-0.2, -0.15) is 0 Å². The number of pyridine rings is 1. The first-order valence-electron chi connectivity index (χ1n) is 6.60. The molecule has 0 saturated carbocycles. The van der Waals surface area contributed by atoms with Gasteiger partial charge in [-0.25, -0.2) is 4.98 Å². The van der Waals surface area contributed by atoms with Crippen molar-refractivity contribution < 1.29 is 19.0 Å². The second kappa shape index (κ2) is 6.31. The second-order valence-corrected chi connectivity index (χ2v) is 5.02. The highest BCUT2D eigenvalue weighted by molar-refractivity contribution is 6.32. The highest BCUT2D eigenvalue weighted by Crippen LogP contribution is 2.33. The third-order valence-electron chi connectivity index (χ3n) is 3.07. The minimum absolute atomic E-state index is 0.171. The lowest BCUT2D eigenvalue weighted by molar-refractivity contribution is -0.0441. The lowest BCUT2D eigenvalue weighted by Crippen LogP contribution is -2.12. The molecule has 0 atom stereocenters. The predicted octanol–water partition coefficient (Wildman–Crippen LogP) is 2.67. The summed E-state index contributed by atoms with van der Waals surface area (Å²) in [5.74, 6) is 0.329. The number of amides is 1. The lowest BCUT2D eigenvalue weighted by Gasteiger charge is -2.12. The zero-order chi connectivity index (χ0) is 15.5. The molecule has 1 amide bonds. The summed E-state index contributed by atoms with van der Waals surface area (Å²) in [7, 11) is 0. The molecule has 22 heavy (non-hydrogen) atoms. The van der Waals surface area contributed by atoms with E-state index in [4.69, 9.17) is 31.5 Å². The van der Waals surface area contributed by atoms with Crippen LogP contribution in [0.2, 0.25) is 5.02 Å². The average molecular weight is 321 g/mol. The number of aromatic nitrogens is 1. The SMILES string of the molecule is NC(=O)c1ccc(Oc2ccc(C3OCCO3)cc2Cl)cn1. The van der Waals surface area contributed by atoms with E-state index in [9.17, 15) is 4.79 Å². The van der Waals surface area contributed by atoms with E-state index in [1.165, 1.54) is 12.3 Å². The molecular weight excluding hydrogens is 308 g/mol. The Kier molecular flexibility index (Phi) is 4.24. The van der Waals surface area contributed by atoms with Crippen molar-refractivity contribution in [3.63, 3.8) is 0 Å². The molecule has 2 N–H and O–H groups in total. The largest absolute Gasteiger partial charge is 0.454 e. The van der Waals surface area contributed by atoms with E-state index in [0.29, 0.717) is 29.7 Å². The van der Waals surface area contributed by atoms with Crippen molar-refractivity contribution in [3.8, 4) is 11.5 Å². The number of nitrogens with zero attached hydrogens (tertiary/aromatic N) is 1. The number of primary amides is 1. The maximum atomic E-state index is 11.0. The maximum absolute atomic E-state index is 11.0. The molecule has 114 valence electrons. The van der Waals surface area contributed by atoms with Gasteiger partial charge in [-0.3, -0.25) is 4.79 Å². The number of carbonyl (C=O) groups excluding carboxylic acids is 1. The van der Waals surface area contributed by atoms with Crippen LogP contribution >= 0.6 is 11.6 Å². The van der Waals surface area contributed by atoms with Crippen LogP contribution in [0.15, 0.2) is 36.5 Å². The van der Waals surface area contributed by atoms with Gasteiger partial charge in [0.05, 0.1) is 24.4 Å². The molecular formula is C15H13ClN2O4. The molecule has 1 aliphatic heterocycles. The first-order chi connectivity index (χ1) is 10.6. The monoisotopic (exact) mass is 320 g/mol. The molecule has 1 aromatic heterocycles. The van der Waals surface area contributed by atoms with Crippen LogP contribution in [0.5, 0.6) is 11.5 Å². The van der Waals surface area contributed by atoms with Gasteiger partial charge in [0.2, 0.25) is 0 Å². The van der Waals surface area contributed by atoms with E-state index < -0.39 is 5.91 Å². The molecule has 0 unspecified atom stereocenters. The molecule has 1 saturated heterocycles. The predicted molar refractivity (Wildman–Crippen MR) is 78.9 cm³/mol. The summed E-state index contributed by atoms with van der Waals surface area (Å²) in [6, 6.07) is 8.37. The van der Waals surface area contributed by atoms with Crippen LogP contribution in [-0.2, 0) is 9.47 Å². The van der Waals surface area contributed by atoms with Gasteiger partial charge in [0.25, 0.3) is 5.91 Å². The maximum Gasteiger partial charge on any atom is 0.267 e. The van der Waals surface area contributed by atoms with Gasteiger partial charge in [0.15, 0.2) is 6.29 Å². The summed E-state index contributed by atoms with van der Waals surface area (Å²) in [6.07, 6.45) is 1.02. The smallest absolute Gasteiger partial charge is 0.267 e. The summed E-state index contributed by atoms with van der Waals surface area (Å²) >= 11 is 6.21. The number of ether oxygens (including phenoxy) is 3. The lowest BCUT2D eigenvalue weighted by atomic mass is 10.2. The third-order valence-corrected chi connectivity index (χ3v) is 3.36. The second-order valence-electron chi connectivity index (χ2n) is 4.61. The van der Waals surface area contributed by atoms with E-state index >= 15 is 0 Å². The van der Waals surface area contributed by atoms with Gasteiger partial charge in [-0.1, -0.05) is 17.7 Å². The minimum Gasteiger partial charge on any atom is -0.454 e. The van der Waals surface area contributed by atoms with Crippen LogP contribution in [-0.4, -0.2) is 24.1 Å². The number of carbonyl (C=O) groups is 1. The Hall–Kier alpha value is -2.15. The Morgan fingerprint density at radius 2 is 2.05 bits per heavy atom. The zero-order valence-electron chi connectivity index (χ0n) is 11.5. The molecule has 0 radical (unpaired) electrons. The highest BCUT2D eigenvalue weighted by atomic mass is 35.5. The van der Waals surface area contributed by atoms with Crippen molar-refractivity contribution in [2.45, 2.75) is 6.29 Å². The standard InChI is InChI=1S/C15H13ClN2O4/c16-11-7-9(15-20-5-6-21-15)1-4-13(11)22-10-2-3-12(14(17)19)18-8-10/h1-4,7-8,15H,5-6H2,(H2,17,19). The van der Waals surface area contributed by atoms with Crippen molar-refractivity contribution in [1.29, 1.82) is 0 Å². The Labute approximate surface area is 131 Å². The number of nitrogens with two attached hydrogens (primary N) is 1. The fraction of sp³-hybridized carbons (Fsp3) is 0.200. The van der Waals surface area contributed by atoms with Crippen molar-refractivity contribution >= 4 is 17.5 Å². The molecule has 0 aliphatic carbocycles. The Morgan fingerprint density at radius 1 is 1.27 bits per heavy atom. The summed E-state index contributed by atoms with van der Waals surface area (Å²) in [5, 5.41) is 0.426. The van der Waals surface area contributed by atoms with Gasteiger partial charge in [0, 0.05) is 5.56 Å². The minimum atomic E-state index is -0.592. The first-order valence-corrected chi connectivity index (χ1v) is 6.97. The number of halogens is 1. The van der Waals surface area contributed by atoms with Crippen molar-refractivity contribution in [2.24, 2.45) is 5.73 Å². The van der Waals surface area contributed by atoms with Crippen molar-refractivity contribution in [2.75, 3.05) is 13.2 Å². The van der Waals surface area contributed by atoms with E-state index in [2.05, 4.69) is 4.98 Å². The fourth-order valence-electron chi connectivity index (χ4n) is 2.01. The van der Waals surface area contributed by atoms with E-state index in [0.717, 1.165) is 5.56 Å². The molecule has 2 heterocycles. The third kappa shape index (κ3) is 3.19. The number of rotatable bonds is 4. The van der Waals surface area contributed by atoms with E-state index in [-0.39, 0.29) is 12.0 Å². The summed E-state index contributed by atoms with van der Waals surface area (Å²) < 4.78 is 16.5. The van der Waals surface area contributed by atoms with Crippen LogP contribution in [0.1, 0.15) is 22.3 Å². The van der Waals surface area contributed by atoms with E-state index in [1.807, 2.05) is 6.07 Å². The van der Waals surface area contributed by atoms with E-state index in [1.54, 1.807) is 18.2 Å². The van der Waals surface area contributed by atoms with Gasteiger partial charge >= 0.3 is 0 Å². The average Bonchev–Trinajstić information content (AvgIpc) is 3.04. The Bertz CT molecular complexity index is 684. The first kappa shape index (κ1) is 14.8. The van der Waals surface area contributed by atoms with Gasteiger partial charge < -0.3 is 19.9 Å². The topological polar surface area (TPSA) is 83.7 Å². The molecule has 3 rings (SSSR count). The molecule has 7 heteroatoms. The molecule has 1 aliphatic rings. The van der Waals surface area contributed by atoms with Crippen LogP contribution < -0.4 is 10.5 Å². The summed E-state index contributed by atoms with van der Waals surface area (Å²) in [4.78, 5) is 14.9. The zero-order valence-corrected chi connectivity index (χ0v) is 12.2. The molecule has 1 fully saturated rings. The van der Waals surface area contributed by atoms with Gasteiger partial charge in [-0.05, 0) is 24.3 Å². The fourth-order valence-corrected chi connectivity index (χ4v) is 2.24.